The molecule has 3 atom stereocenters. The molecule has 3 heteroatoms. The van der Waals surface area contributed by atoms with Gasteiger partial charge in [-0.2, -0.15) is 0 Å². The highest BCUT2D eigenvalue weighted by Crippen LogP contribution is 2.18. The second-order valence-electron chi connectivity index (χ2n) is 6.28. The van der Waals surface area contributed by atoms with Crippen molar-refractivity contribution in [3.63, 3.8) is 0 Å². The zero-order valence-corrected chi connectivity index (χ0v) is 11.8. The molecule has 2 aliphatic rings. The first-order valence-corrected chi connectivity index (χ1v) is 7.27. The largest absolute Gasteiger partial charge is 0.313 e. The summed E-state index contributed by atoms with van der Waals surface area (Å²) in [5, 5.41) is 3.68. The average molecular weight is 239 g/mol. The lowest BCUT2D eigenvalue weighted by atomic mass is 9.93. The summed E-state index contributed by atoms with van der Waals surface area (Å²) in [5.41, 5.74) is 0. The van der Waals surface area contributed by atoms with Crippen molar-refractivity contribution in [3.8, 4) is 0 Å². The Morgan fingerprint density at radius 1 is 1.35 bits per heavy atom. The van der Waals surface area contributed by atoms with Crippen molar-refractivity contribution in [2.24, 2.45) is 5.92 Å². The number of rotatable bonds is 3. The van der Waals surface area contributed by atoms with E-state index in [-0.39, 0.29) is 0 Å². The van der Waals surface area contributed by atoms with Crippen LogP contribution >= 0.6 is 0 Å². The standard InChI is InChI=1S/C14H29N3/c1-12-6-7-15-13(9-12)10-17(3)14-5-4-8-16(2)11-14/h12-15H,4-11H2,1-3H3. The van der Waals surface area contributed by atoms with Gasteiger partial charge in [0, 0.05) is 25.2 Å². The van der Waals surface area contributed by atoms with Gasteiger partial charge in [0.15, 0.2) is 0 Å². The van der Waals surface area contributed by atoms with Gasteiger partial charge in [-0.15, -0.1) is 0 Å². The zero-order chi connectivity index (χ0) is 12.3. The smallest absolute Gasteiger partial charge is 0.0221 e. The van der Waals surface area contributed by atoms with Crippen molar-refractivity contribution in [2.75, 3.05) is 40.3 Å². The van der Waals surface area contributed by atoms with E-state index in [0.29, 0.717) is 0 Å². The summed E-state index contributed by atoms with van der Waals surface area (Å²) in [6, 6.07) is 1.49. The minimum absolute atomic E-state index is 0.719. The van der Waals surface area contributed by atoms with Crippen molar-refractivity contribution in [1.29, 1.82) is 0 Å². The predicted molar refractivity (Wildman–Crippen MR) is 73.3 cm³/mol. The SMILES string of the molecule is CC1CCNC(CN(C)C2CCCN(C)C2)C1. The lowest BCUT2D eigenvalue weighted by Crippen LogP contribution is -2.51. The molecule has 2 rings (SSSR count). The first kappa shape index (κ1) is 13.3. The maximum atomic E-state index is 3.68. The molecule has 0 aromatic carbocycles. The monoisotopic (exact) mass is 239 g/mol. The Labute approximate surface area is 107 Å². The van der Waals surface area contributed by atoms with E-state index in [2.05, 4.69) is 36.1 Å². The highest BCUT2D eigenvalue weighted by molar-refractivity contribution is 4.83. The minimum atomic E-state index is 0.719. The number of likely N-dealkylation sites (N-methyl/N-ethyl adjacent to an activating group) is 2. The number of nitrogens with one attached hydrogen (secondary N) is 1. The fourth-order valence-corrected chi connectivity index (χ4v) is 3.36. The van der Waals surface area contributed by atoms with Crippen LogP contribution in [-0.2, 0) is 0 Å². The lowest BCUT2D eigenvalue weighted by Gasteiger charge is -2.39. The molecule has 0 bridgehead atoms. The molecule has 0 radical (unpaired) electrons. The van der Waals surface area contributed by atoms with Gasteiger partial charge >= 0.3 is 0 Å². The van der Waals surface area contributed by atoms with Crippen LogP contribution < -0.4 is 5.32 Å². The van der Waals surface area contributed by atoms with E-state index >= 15 is 0 Å². The highest BCUT2D eigenvalue weighted by Gasteiger charge is 2.25. The van der Waals surface area contributed by atoms with Crippen molar-refractivity contribution < 1.29 is 0 Å². The van der Waals surface area contributed by atoms with E-state index in [1.165, 1.54) is 51.9 Å². The molecule has 3 unspecified atom stereocenters. The van der Waals surface area contributed by atoms with Crippen LogP contribution in [0, 0.1) is 5.92 Å². The van der Waals surface area contributed by atoms with Crippen LogP contribution in [0.2, 0.25) is 0 Å². The molecular formula is C14H29N3. The van der Waals surface area contributed by atoms with Crippen molar-refractivity contribution in [2.45, 2.75) is 44.7 Å². The summed E-state index contributed by atoms with van der Waals surface area (Å²) in [7, 11) is 4.56. The van der Waals surface area contributed by atoms with Crippen LogP contribution in [0.15, 0.2) is 0 Å². The topological polar surface area (TPSA) is 18.5 Å². The molecule has 0 saturated carbocycles. The van der Waals surface area contributed by atoms with Crippen LogP contribution in [-0.4, -0.2) is 62.2 Å². The maximum Gasteiger partial charge on any atom is 0.0221 e. The van der Waals surface area contributed by atoms with E-state index in [1.54, 1.807) is 0 Å². The third-order valence-corrected chi connectivity index (χ3v) is 4.49. The molecule has 1 N–H and O–H groups in total. The average Bonchev–Trinajstić information content (AvgIpc) is 2.29. The van der Waals surface area contributed by atoms with Gasteiger partial charge in [0.25, 0.3) is 0 Å². The molecule has 17 heavy (non-hydrogen) atoms. The summed E-state index contributed by atoms with van der Waals surface area (Å²) < 4.78 is 0. The zero-order valence-electron chi connectivity index (χ0n) is 11.8. The van der Waals surface area contributed by atoms with Crippen LogP contribution in [0.3, 0.4) is 0 Å². The molecule has 2 fully saturated rings. The third-order valence-electron chi connectivity index (χ3n) is 4.49. The van der Waals surface area contributed by atoms with E-state index in [9.17, 15) is 0 Å². The molecule has 3 nitrogen and oxygen atoms in total. The Morgan fingerprint density at radius 2 is 2.18 bits per heavy atom. The summed E-state index contributed by atoms with van der Waals surface area (Å²) in [4.78, 5) is 5.06. The number of likely N-dealkylation sites (tertiary alicyclic amines) is 1. The molecule has 0 aromatic heterocycles. The second-order valence-corrected chi connectivity index (χ2v) is 6.28. The predicted octanol–water partition coefficient (Wildman–Crippen LogP) is 1.40. The van der Waals surface area contributed by atoms with Crippen molar-refractivity contribution in [3.05, 3.63) is 0 Å². The Balaban J connectivity index is 1.77. The summed E-state index contributed by atoms with van der Waals surface area (Å²) in [6.07, 6.45) is 5.45. The Bertz CT molecular complexity index is 232. The van der Waals surface area contributed by atoms with E-state index in [1.807, 2.05) is 0 Å². The molecule has 0 aromatic rings. The molecule has 2 heterocycles. The molecule has 2 saturated heterocycles. The number of nitrogens with zero attached hydrogens (tertiary/aromatic N) is 2. The highest BCUT2D eigenvalue weighted by atomic mass is 15.2. The Kier molecular flexibility index (Phi) is 4.83. The number of piperidine rings is 2. The van der Waals surface area contributed by atoms with Crippen LogP contribution in [0.5, 0.6) is 0 Å². The third kappa shape index (κ3) is 3.94. The first-order chi connectivity index (χ1) is 8.15. The Morgan fingerprint density at radius 3 is 2.88 bits per heavy atom. The summed E-state index contributed by atoms with van der Waals surface area (Å²) >= 11 is 0. The van der Waals surface area contributed by atoms with Crippen LogP contribution in [0.1, 0.15) is 32.6 Å². The number of hydrogen-bond donors (Lipinski definition) is 1. The van der Waals surface area contributed by atoms with Gasteiger partial charge in [-0.1, -0.05) is 6.92 Å². The minimum Gasteiger partial charge on any atom is -0.313 e. The van der Waals surface area contributed by atoms with E-state index in [0.717, 1.165) is 18.0 Å². The van der Waals surface area contributed by atoms with Crippen LogP contribution in [0.25, 0.3) is 0 Å². The van der Waals surface area contributed by atoms with Gasteiger partial charge in [-0.25, -0.2) is 0 Å². The van der Waals surface area contributed by atoms with Gasteiger partial charge < -0.3 is 15.1 Å². The fourth-order valence-electron chi connectivity index (χ4n) is 3.36. The number of hydrogen-bond acceptors (Lipinski definition) is 3. The summed E-state index contributed by atoms with van der Waals surface area (Å²) in [5.74, 6) is 0.906. The molecular weight excluding hydrogens is 210 g/mol. The van der Waals surface area contributed by atoms with E-state index in [4.69, 9.17) is 0 Å². The quantitative estimate of drug-likeness (QED) is 0.803. The fraction of sp³-hybridized carbons (Fsp3) is 1.00. The van der Waals surface area contributed by atoms with Crippen molar-refractivity contribution >= 4 is 0 Å². The van der Waals surface area contributed by atoms with Gasteiger partial charge in [-0.3, -0.25) is 0 Å². The van der Waals surface area contributed by atoms with Gasteiger partial charge in [0.2, 0.25) is 0 Å². The summed E-state index contributed by atoms with van der Waals surface area (Å²) in [6.45, 7) is 7.36. The van der Waals surface area contributed by atoms with Gasteiger partial charge in [0.1, 0.15) is 0 Å². The molecule has 2 aliphatic heterocycles. The van der Waals surface area contributed by atoms with Gasteiger partial charge in [-0.05, 0) is 58.8 Å². The first-order valence-electron chi connectivity index (χ1n) is 7.27. The van der Waals surface area contributed by atoms with Crippen LogP contribution in [0.4, 0.5) is 0 Å². The normalized spacial score (nSPS) is 36.4. The Hall–Kier alpha value is -0.120. The molecule has 0 spiro atoms. The molecule has 0 aliphatic carbocycles. The lowest BCUT2D eigenvalue weighted by molar-refractivity contribution is 0.117. The molecule has 0 amide bonds. The second kappa shape index (κ2) is 6.17. The molecule has 100 valence electrons. The van der Waals surface area contributed by atoms with E-state index < -0.39 is 0 Å². The van der Waals surface area contributed by atoms with Crippen molar-refractivity contribution in [1.82, 2.24) is 15.1 Å². The maximum absolute atomic E-state index is 3.68. The van der Waals surface area contributed by atoms with Gasteiger partial charge in [0.05, 0.1) is 0 Å².